The normalized spacial score (nSPS) is 10.2. The molecule has 78 valence electrons. The molecule has 0 aliphatic carbocycles. The second-order valence-corrected chi connectivity index (χ2v) is 4.70. The average Bonchev–Trinajstić information content (AvgIpc) is 2.18. The minimum absolute atomic E-state index is 0.598. The quantitative estimate of drug-likeness (QED) is 0.787. The lowest BCUT2D eigenvalue weighted by atomic mass is 10.3. The average molecular weight is 250 g/mol. The van der Waals surface area contributed by atoms with Crippen LogP contribution in [0.15, 0.2) is 18.2 Å². The van der Waals surface area contributed by atoms with E-state index in [1.807, 2.05) is 23.9 Å². The monoisotopic (exact) mass is 249 g/mol. The van der Waals surface area contributed by atoms with Gasteiger partial charge in [0.2, 0.25) is 0 Å². The Morgan fingerprint density at radius 1 is 1.29 bits per heavy atom. The number of halogens is 2. The van der Waals surface area contributed by atoms with E-state index < -0.39 is 0 Å². The van der Waals surface area contributed by atoms with E-state index in [0.717, 1.165) is 18.7 Å². The van der Waals surface area contributed by atoms with Gasteiger partial charge in [-0.05, 0) is 36.6 Å². The fraction of sp³-hybridized carbons (Fsp3) is 0.400. The summed E-state index contributed by atoms with van der Waals surface area (Å²) in [4.78, 5) is 0. The molecule has 0 fully saturated rings. The SMILES string of the molecule is CSCCCNc1ccc(Cl)c(Cl)c1. The maximum absolute atomic E-state index is 5.88. The van der Waals surface area contributed by atoms with E-state index in [0.29, 0.717) is 10.0 Å². The fourth-order valence-electron chi connectivity index (χ4n) is 1.06. The van der Waals surface area contributed by atoms with Crippen molar-refractivity contribution < 1.29 is 0 Å². The van der Waals surface area contributed by atoms with Gasteiger partial charge in [-0.15, -0.1) is 0 Å². The highest BCUT2D eigenvalue weighted by Crippen LogP contribution is 2.24. The highest BCUT2D eigenvalue weighted by Gasteiger charge is 1.98. The number of benzene rings is 1. The maximum atomic E-state index is 5.88. The zero-order valence-corrected chi connectivity index (χ0v) is 10.3. The molecular weight excluding hydrogens is 237 g/mol. The molecule has 0 aliphatic rings. The zero-order valence-electron chi connectivity index (χ0n) is 8.02. The van der Waals surface area contributed by atoms with Crippen LogP contribution in [0.2, 0.25) is 10.0 Å². The summed E-state index contributed by atoms with van der Waals surface area (Å²) in [5.74, 6) is 1.17. The summed E-state index contributed by atoms with van der Waals surface area (Å²) in [6.07, 6.45) is 3.26. The lowest BCUT2D eigenvalue weighted by molar-refractivity contribution is 0.993. The molecule has 0 unspecified atom stereocenters. The standard InChI is InChI=1S/C10H13Cl2NS/c1-14-6-2-5-13-8-3-4-9(11)10(12)7-8/h3-4,7,13H,2,5-6H2,1H3. The van der Waals surface area contributed by atoms with Crippen molar-refractivity contribution in [2.75, 3.05) is 23.9 Å². The van der Waals surface area contributed by atoms with Crippen LogP contribution in [0.3, 0.4) is 0 Å². The van der Waals surface area contributed by atoms with Crippen molar-refractivity contribution in [3.05, 3.63) is 28.2 Å². The summed E-state index contributed by atoms with van der Waals surface area (Å²) < 4.78 is 0. The van der Waals surface area contributed by atoms with Crippen LogP contribution in [0.25, 0.3) is 0 Å². The Labute approximate surface area is 99.2 Å². The Morgan fingerprint density at radius 3 is 2.71 bits per heavy atom. The van der Waals surface area contributed by atoms with Crippen LogP contribution in [0.5, 0.6) is 0 Å². The predicted octanol–water partition coefficient (Wildman–Crippen LogP) is 4.16. The third-order valence-corrected chi connectivity index (χ3v) is 3.21. The van der Waals surface area contributed by atoms with Crippen molar-refractivity contribution in [1.29, 1.82) is 0 Å². The Morgan fingerprint density at radius 2 is 2.07 bits per heavy atom. The number of anilines is 1. The third-order valence-electron chi connectivity index (χ3n) is 1.77. The molecule has 0 radical (unpaired) electrons. The first kappa shape index (κ1) is 12.0. The van der Waals surface area contributed by atoms with Crippen LogP contribution in [0.1, 0.15) is 6.42 Å². The summed E-state index contributed by atoms with van der Waals surface area (Å²) in [6, 6.07) is 5.59. The first-order valence-corrected chi connectivity index (χ1v) is 6.57. The van der Waals surface area contributed by atoms with Gasteiger partial charge in [-0.25, -0.2) is 0 Å². The highest BCUT2D eigenvalue weighted by atomic mass is 35.5. The van der Waals surface area contributed by atoms with Crippen LogP contribution in [-0.4, -0.2) is 18.6 Å². The largest absolute Gasteiger partial charge is 0.385 e. The second kappa shape index (κ2) is 6.44. The molecule has 0 spiro atoms. The van der Waals surface area contributed by atoms with Gasteiger partial charge >= 0.3 is 0 Å². The molecule has 0 amide bonds. The van der Waals surface area contributed by atoms with Crippen molar-refractivity contribution in [3.8, 4) is 0 Å². The molecule has 0 heterocycles. The van der Waals surface area contributed by atoms with Gasteiger partial charge in [-0.2, -0.15) is 11.8 Å². The summed E-state index contributed by atoms with van der Waals surface area (Å²) >= 11 is 13.5. The van der Waals surface area contributed by atoms with Crippen LogP contribution < -0.4 is 5.32 Å². The smallest absolute Gasteiger partial charge is 0.0612 e. The van der Waals surface area contributed by atoms with E-state index in [2.05, 4.69) is 11.6 Å². The molecule has 1 rings (SSSR count). The van der Waals surface area contributed by atoms with Crippen molar-refractivity contribution in [2.24, 2.45) is 0 Å². The van der Waals surface area contributed by atoms with E-state index in [1.165, 1.54) is 5.75 Å². The minimum Gasteiger partial charge on any atom is -0.385 e. The van der Waals surface area contributed by atoms with Crippen molar-refractivity contribution in [3.63, 3.8) is 0 Å². The number of rotatable bonds is 5. The Bertz CT molecular complexity index is 291. The minimum atomic E-state index is 0.598. The van der Waals surface area contributed by atoms with E-state index in [-0.39, 0.29) is 0 Å². The summed E-state index contributed by atoms with van der Waals surface area (Å²) in [5, 5.41) is 4.49. The molecule has 0 aromatic heterocycles. The van der Waals surface area contributed by atoms with Gasteiger partial charge in [0.05, 0.1) is 10.0 Å². The molecule has 0 atom stereocenters. The molecule has 0 saturated heterocycles. The lowest BCUT2D eigenvalue weighted by Crippen LogP contribution is -2.02. The molecule has 0 saturated carbocycles. The number of hydrogen-bond donors (Lipinski definition) is 1. The summed E-state index contributed by atoms with van der Waals surface area (Å²) in [5.41, 5.74) is 1.03. The Balaban J connectivity index is 2.39. The first-order valence-electron chi connectivity index (χ1n) is 4.42. The number of hydrogen-bond acceptors (Lipinski definition) is 2. The van der Waals surface area contributed by atoms with Crippen LogP contribution in [0.4, 0.5) is 5.69 Å². The van der Waals surface area contributed by atoms with Crippen molar-refractivity contribution in [1.82, 2.24) is 0 Å². The van der Waals surface area contributed by atoms with Crippen molar-refractivity contribution >= 4 is 40.7 Å². The van der Waals surface area contributed by atoms with Gasteiger partial charge in [0.25, 0.3) is 0 Å². The fourth-order valence-corrected chi connectivity index (χ4v) is 1.79. The molecule has 1 aromatic rings. The number of nitrogens with one attached hydrogen (secondary N) is 1. The van der Waals surface area contributed by atoms with Crippen LogP contribution >= 0.6 is 35.0 Å². The molecule has 4 heteroatoms. The molecule has 1 N–H and O–H groups in total. The molecule has 0 aliphatic heterocycles. The topological polar surface area (TPSA) is 12.0 Å². The molecule has 0 bridgehead atoms. The van der Waals surface area contributed by atoms with E-state index in [9.17, 15) is 0 Å². The summed E-state index contributed by atoms with van der Waals surface area (Å²) in [7, 11) is 0. The third kappa shape index (κ3) is 3.99. The molecule has 1 aromatic carbocycles. The van der Waals surface area contributed by atoms with Gasteiger partial charge in [0.15, 0.2) is 0 Å². The molecule has 14 heavy (non-hydrogen) atoms. The van der Waals surface area contributed by atoms with Crippen molar-refractivity contribution in [2.45, 2.75) is 6.42 Å². The molecule has 1 nitrogen and oxygen atoms in total. The van der Waals surface area contributed by atoms with E-state index in [1.54, 1.807) is 6.07 Å². The zero-order chi connectivity index (χ0) is 10.4. The van der Waals surface area contributed by atoms with Gasteiger partial charge in [0.1, 0.15) is 0 Å². The second-order valence-electron chi connectivity index (χ2n) is 2.90. The maximum Gasteiger partial charge on any atom is 0.0612 e. The Kier molecular flexibility index (Phi) is 5.53. The Hall–Kier alpha value is -0.0500. The van der Waals surface area contributed by atoms with E-state index in [4.69, 9.17) is 23.2 Å². The summed E-state index contributed by atoms with van der Waals surface area (Å²) in [6.45, 7) is 0.971. The van der Waals surface area contributed by atoms with E-state index >= 15 is 0 Å². The van der Waals surface area contributed by atoms with Crippen LogP contribution in [-0.2, 0) is 0 Å². The molecular formula is C10H13Cl2NS. The highest BCUT2D eigenvalue weighted by molar-refractivity contribution is 7.98. The van der Waals surface area contributed by atoms with Crippen LogP contribution in [0, 0.1) is 0 Å². The number of thioether (sulfide) groups is 1. The predicted molar refractivity (Wildman–Crippen MR) is 68.0 cm³/mol. The first-order chi connectivity index (χ1) is 6.74. The lowest BCUT2D eigenvalue weighted by Gasteiger charge is -2.06. The van der Waals surface area contributed by atoms with Gasteiger partial charge in [0, 0.05) is 12.2 Å². The van der Waals surface area contributed by atoms with Gasteiger partial charge in [-0.3, -0.25) is 0 Å². The van der Waals surface area contributed by atoms with Gasteiger partial charge < -0.3 is 5.32 Å². The van der Waals surface area contributed by atoms with Gasteiger partial charge in [-0.1, -0.05) is 23.2 Å².